The molecule has 2 rings (SSSR count). The number of nitrogens with zero attached hydrogens (tertiary/aromatic N) is 2. The molecule has 0 aliphatic carbocycles. The summed E-state index contributed by atoms with van der Waals surface area (Å²) in [7, 11) is 0. The van der Waals surface area contributed by atoms with Crippen molar-refractivity contribution in [3.63, 3.8) is 0 Å². The first-order valence-corrected chi connectivity index (χ1v) is 4.94. The summed E-state index contributed by atoms with van der Waals surface area (Å²) >= 11 is 0. The van der Waals surface area contributed by atoms with Gasteiger partial charge in [0.2, 0.25) is 5.95 Å². The van der Waals surface area contributed by atoms with Crippen LogP contribution in [-0.4, -0.2) is 18.1 Å². The number of halogens is 1. The fourth-order valence-electron chi connectivity index (χ4n) is 1.81. The highest BCUT2D eigenvalue weighted by Gasteiger charge is 2.15. The second-order valence-corrected chi connectivity index (χ2v) is 3.59. The monoisotopic (exact) mass is 195 g/mol. The highest BCUT2D eigenvalue weighted by atomic mass is 19.1. The number of nitrogens with two attached hydrogens (primary N) is 1. The standard InChI is InChI=1S/C10H14FN3/c11-10-8(4-5-9(12)13-10)14-6-2-1-3-7-14/h4-5H,1-3,6-7H2,(H2,12,13). The Balaban J connectivity index is 2.22. The van der Waals surface area contributed by atoms with Gasteiger partial charge in [-0.2, -0.15) is 4.39 Å². The second kappa shape index (κ2) is 3.82. The van der Waals surface area contributed by atoms with Crippen LogP contribution in [0.15, 0.2) is 12.1 Å². The lowest BCUT2D eigenvalue weighted by Gasteiger charge is -2.28. The van der Waals surface area contributed by atoms with Gasteiger partial charge in [0.05, 0.1) is 5.69 Å². The zero-order chi connectivity index (χ0) is 9.97. The number of piperidine rings is 1. The largest absolute Gasteiger partial charge is 0.384 e. The average Bonchev–Trinajstić information content (AvgIpc) is 2.19. The van der Waals surface area contributed by atoms with Crippen LogP contribution in [0.4, 0.5) is 15.9 Å². The Kier molecular flexibility index (Phi) is 2.52. The molecule has 3 nitrogen and oxygen atoms in total. The molecule has 1 fully saturated rings. The van der Waals surface area contributed by atoms with Crippen molar-refractivity contribution in [2.24, 2.45) is 0 Å². The van der Waals surface area contributed by atoms with Crippen LogP contribution in [0.3, 0.4) is 0 Å². The van der Waals surface area contributed by atoms with E-state index in [1.807, 2.05) is 4.90 Å². The predicted octanol–water partition coefficient (Wildman–Crippen LogP) is 1.79. The van der Waals surface area contributed by atoms with Gasteiger partial charge in [0.1, 0.15) is 5.82 Å². The fraction of sp³-hybridized carbons (Fsp3) is 0.500. The van der Waals surface area contributed by atoms with E-state index in [0.717, 1.165) is 25.9 Å². The Morgan fingerprint density at radius 2 is 1.93 bits per heavy atom. The van der Waals surface area contributed by atoms with Crippen LogP contribution in [0.2, 0.25) is 0 Å². The minimum atomic E-state index is -0.452. The highest BCUT2D eigenvalue weighted by Crippen LogP contribution is 2.22. The van der Waals surface area contributed by atoms with Gasteiger partial charge in [0.25, 0.3) is 0 Å². The molecule has 1 aromatic rings. The topological polar surface area (TPSA) is 42.1 Å². The van der Waals surface area contributed by atoms with Gasteiger partial charge in [-0.3, -0.25) is 0 Å². The summed E-state index contributed by atoms with van der Waals surface area (Å²) in [5.41, 5.74) is 5.97. The van der Waals surface area contributed by atoms with Crippen molar-refractivity contribution in [2.75, 3.05) is 23.7 Å². The first kappa shape index (κ1) is 9.24. The number of hydrogen-bond donors (Lipinski definition) is 1. The van der Waals surface area contributed by atoms with Crippen LogP contribution >= 0.6 is 0 Å². The van der Waals surface area contributed by atoms with Crippen LogP contribution in [0.1, 0.15) is 19.3 Å². The zero-order valence-electron chi connectivity index (χ0n) is 8.04. The van der Waals surface area contributed by atoms with Crippen molar-refractivity contribution in [3.8, 4) is 0 Å². The zero-order valence-corrected chi connectivity index (χ0v) is 8.04. The number of pyridine rings is 1. The molecule has 1 aromatic heterocycles. The molecule has 0 spiro atoms. The van der Waals surface area contributed by atoms with Crippen molar-refractivity contribution < 1.29 is 4.39 Å². The Bertz CT molecular complexity index is 321. The molecule has 0 saturated carbocycles. The molecule has 0 unspecified atom stereocenters. The number of aromatic nitrogens is 1. The van der Waals surface area contributed by atoms with E-state index in [9.17, 15) is 4.39 Å². The summed E-state index contributed by atoms with van der Waals surface area (Å²) < 4.78 is 13.4. The predicted molar refractivity (Wildman–Crippen MR) is 54.7 cm³/mol. The number of nitrogen functional groups attached to an aromatic ring is 1. The van der Waals surface area contributed by atoms with Crippen molar-refractivity contribution >= 4 is 11.5 Å². The molecular weight excluding hydrogens is 181 g/mol. The molecule has 14 heavy (non-hydrogen) atoms. The fourth-order valence-corrected chi connectivity index (χ4v) is 1.81. The second-order valence-electron chi connectivity index (χ2n) is 3.59. The van der Waals surface area contributed by atoms with Crippen LogP contribution < -0.4 is 10.6 Å². The molecule has 76 valence electrons. The molecule has 1 aliphatic heterocycles. The molecule has 1 aliphatic rings. The molecular formula is C10H14FN3. The third-order valence-corrected chi connectivity index (χ3v) is 2.55. The Morgan fingerprint density at radius 1 is 1.21 bits per heavy atom. The van der Waals surface area contributed by atoms with Crippen molar-refractivity contribution in [1.29, 1.82) is 0 Å². The summed E-state index contributed by atoms with van der Waals surface area (Å²) in [5.74, 6) is -0.213. The van der Waals surface area contributed by atoms with Crippen molar-refractivity contribution in [1.82, 2.24) is 4.98 Å². The molecule has 0 radical (unpaired) electrons. The summed E-state index contributed by atoms with van der Waals surface area (Å²) in [6, 6.07) is 3.36. The van der Waals surface area contributed by atoms with E-state index >= 15 is 0 Å². The third kappa shape index (κ3) is 1.78. The Morgan fingerprint density at radius 3 is 2.57 bits per heavy atom. The van der Waals surface area contributed by atoms with E-state index in [0.29, 0.717) is 5.69 Å². The first-order chi connectivity index (χ1) is 6.77. The molecule has 0 aromatic carbocycles. The molecule has 2 heterocycles. The molecule has 2 N–H and O–H groups in total. The van der Waals surface area contributed by atoms with Gasteiger partial charge < -0.3 is 10.6 Å². The maximum absolute atomic E-state index is 13.4. The van der Waals surface area contributed by atoms with E-state index in [-0.39, 0.29) is 5.82 Å². The molecule has 1 saturated heterocycles. The van der Waals surface area contributed by atoms with Crippen molar-refractivity contribution in [3.05, 3.63) is 18.1 Å². The van der Waals surface area contributed by atoms with E-state index in [4.69, 9.17) is 5.73 Å². The van der Waals surface area contributed by atoms with Gasteiger partial charge in [-0.25, -0.2) is 4.98 Å². The quantitative estimate of drug-likeness (QED) is 0.695. The lowest BCUT2D eigenvalue weighted by molar-refractivity contribution is 0.542. The molecule has 0 amide bonds. The van der Waals surface area contributed by atoms with E-state index in [1.54, 1.807) is 12.1 Å². The molecule has 4 heteroatoms. The van der Waals surface area contributed by atoms with Crippen LogP contribution in [0, 0.1) is 5.95 Å². The number of rotatable bonds is 1. The van der Waals surface area contributed by atoms with Gasteiger partial charge in [0, 0.05) is 13.1 Å². The van der Waals surface area contributed by atoms with Crippen LogP contribution in [0.5, 0.6) is 0 Å². The summed E-state index contributed by atoms with van der Waals surface area (Å²) in [6.07, 6.45) is 3.49. The van der Waals surface area contributed by atoms with E-state index in [2.05, 4.69) is 4.98 Å². The third-order valence-electron chi connectivity index (χ3n) is 2.55. The Hall–Kier alpha value is -1.32. The van der Waals surface area contributed by atoms with E-state index < -0.39 is 5.95 Å². The van der Waals surface area contributed by atoms with Gasteiger partial charge in [-0.1, -0.05) is 0 Å². The van der Waals surface area contributed by atoms with Gasteiger partial charge >= 0.3 is 0 Å². The number of anilines is 2. The first-order valence-electron chi connectivity index (χ1n) is 4.94. The summed E-state index contributed by atoms with van der Waals surface area (Å²) in [4.78, 5) is 5.65. The minimum absolute atomic E-state index is 0.239. The normalized spacial score (nSPS) is 17.1. The number of hydrogen-bond acceptors (Lipinski definition) is 3. The Labute approximate surface area is 82.7 Å². The average molecular weight is 195 g/mol. The summed E-state index contributed by atoms with van der Waals surface area (Å²) in [6.45, 7) is 1.84. The summed E-state index contributed by atoms with van der Waals surface area (Å²) in [5, 5.41) is 0. The van der Waals surface area contributed by atoms with Crippen molar-refractivity contribution in [2.45, 2.75) is 19.3 Å². The highest BCUT2D eigenvalue weighted by molar-refractivity contribution is 5.49. The maximum Gasteiger partial charge on any atom is 0.238 e. The van der Waals surface area contributed by atoms with Crippen LogP contribution in [-0.2, 0) is 0 Å². The van der Waals surface area contributed by atoms with Gasteiger partial charge in [0.15, 0.2) is 0 Å². The van der Waals surface area contributed by atoms with Crippen LogP contribution in [0.25, 0.3) is 0 Å². The maximum atomic E-state index is 13.4. The SMILES string of the molecule is Nc1ccc(N2CCCCC2)c(F)n1. The van der Waals surface area contributed by atoms with Gasteiger partial charge in [-0.15, -0.1) is 0 Å². The minimum Gasteiger partial charge on any atom is -0.384 e. The lowest BCUT2D eigenvalue weighted by atomic mass is 10.1. The smallest absolute Gasteiger partial charge is 0.238 e. The lowest BCUT2D eigenvalue weighted by Crippen LogP contribution is -2.30. The van der Waals surface area contributed by atoms with E-state index in [1.165, 1.54) is 6.42 Å². The molecule has 0 atom stereocenters. The molecule has 0 bridgehead atoms. The van der Waals surface area contributed by atoms with Gasteiger partial charge in [-0.05, 0) is 31.4 Å².